The lowest BCUT2D eigenvalue weighted by Crippen LogP contribution is -2.25. The number of ether oxygens (including phenoxy) is 2. The van der Waals surface area contributed by atoms with E-state index in [1.807, 2.05) is 70.2 Å². The Morgan fingerprint density at radius 3 is 1.77 bits per heavy atom. The van der Waals surface area contributed by atoms with Crippen LogP contribution in [0.2, 0.25) is 0 Å². The van der Waals surface area contributed by atoms with Crippen LogP contribution in [0, 0.1) is 0 Å². The minimum atomic E-state index is -0.797. The van der Waals surface area contributed by atoms with E-state index < -0.39 is 5.97 Å². The van der Waals surface area contributed by atoms with Crippen LogP contribution >= 0.6 is 0 Å². The van der Waals surface area contributed by atoms with Gasteiger partial charge >= 0.3 is 5.97 Å². The van der Waals surface area contributed by atoms with Crippen molar-refractivity contribution in [1.82, 2.24) is 0 Å². The molecular weight excluding hydrogens is 392 g/mol. The number of carboxylic acid groups (broad SMARTS) is 1. The maximum atomic E-state index is 10.5. The van der Waals surface area contributed by atoms with Crippen LogP contribution in [0.3, 0.4) is 0 Å². The summed E-state index contributed by atoms with van der Waals surface area (Å²) in [7, 11) is 0. The number of para-hydroxylation sites is 2. The van der Waals surface area contributed by atoms with Gasteiger partial charge in [0.2, 0.25) is 0 Å². The zero-order valence-electron chi connectivity index (χ0n) is 19.3. The molecule has 0 bridgehead atoms. The predicted octanol–water partition coefficient (Wildman–Crippen LogP) is 5.67. The first-order valence-corrected chi connectivity index (χ1v) is 11.5. The molecule has 2 aromatic rings. The first-order chi connectivity index (χ1) is 15.2. The molecule has 0 radical (unpaired) electrons. The van der Waals surface area contributed by atoms with Gasteiger partial charge in [-0.2, -0.15) is 0 Å². The van der Waals surface area contributed by atoms with E-state index in [0.29, 0.717) is 0 Å². The second-order valence-electron chi connectivity index (χ2n) is 6.88. The summed E-state index contributed by atoms with van der Waals surface area (Å²) in [6, 6.07) is 15.9. The summed E-state index contributed by atoms with van der Waals surface area (Å²) in [4.78, 5) is 10.5. The lowest BCUT2D eigenvalue weighted by atomic mass is 10.0. The minimum absolute atomic E-state index is 0.0916. The van der Waals surface area contributed by atoms with Crippen LogP contribution in [0.5, 0.6) is 11.5 Å². The van der Waals surface area contributed by atoms with Crippen LogP contribution in [-0.2, 0) is 17.6 Å². The Balaban J connectivity index is 0.000000268. The molecule has 2 N–H and O–H groups in total. The Morgan fingerprint density at radius 2 is 1.29 bits per heavy atom. The molecule has 172 valence electrons. The van der Waals surface area contributed by atoms with E-state index in [4.69, 9.17) is 19.7 Å². The topological polar surface area (TPSA) is 76.0 Å². The van der Waals surface area contributed by atoms with Gasteiger partial charge in [-0.3, -0.25) is 4.79 Å². The maximum absolute atomic E-state index is 10.5. The number of carbonyl (C=O) groups is 1. The average molecular weight is 431 g/mol. The molecule has 0 aliphatic carbocycles. The van der Waals surface area contributed by atoms with Gasteiger partial charge in [0.1, 0.15) is 23.7 Å². The first kappa shape index (κ1) is 26.5. The molecule has 31 heavy (non-hydrogen) atoms. The van der Waals surface area contributed by atoms with Gasteiger partial charge in [-0.05, 0) is 48.9 Å². The van der Waals surface area contributed by atoms with Crippen molar-refractivity contribution in [2.75, 3.05) is 6.61 Å². The van der Waals surface area contributed by atoms with Gasteiger partial charge in [-0.1, -0.05) is 64.1 Å². The Bertz CT molecular complexity index is 759. The minimum Gasteiger partial charge on any atom is -0.490 e. The molecule has 0 spiro atoms. The smallest absolute Gasteiger partial charge is 0.307 e. The number of aryl methyl sites for hydroxylation is 2. The Kier molecular flexibility index (Phi) is 13.1. The quantitative estimate of drug-likeness (QED) is 0.654. The SMILES string of the molecule is CC.CC.O=C(O)CC1CCc2ccccc2O1.OCCC1CCc2ccccc2O1. The number of hydrogen-bond acceptors (Lipinski definition) is 4. The molecule has 0 amide bonds. The van der Waals surface area contributed by atoms with Crippen molar-refractivity contribution < 1.29 is 24.5 Å². The Morgan fingerprint density at radius 1 is 0.839 bits per heavy atom. The summed E-state index contributed by atoms with van der Waals surface area (Å²) in [5.41, 5.74) is 2.46. The highest BCUT2D eigenvalue weighted by molar-refractivity contribution is 5.67. The summed E-state index contributed by atoms with van der Waals surface area (Å²) in [6.45, 7) is 8.22. The molecule has 2 aromatic carbocycles. The number of benzene rings is 2. The lowest BCUT2D eigenvalue weighted by Gasteiger charge is -2.25. The second kappa shape index (κ2) is 15.3. The number of aliphatic hydroxyl groups excluding tert-OH is 1. The molecule has 2 aliphatic rings. The van der Waals surface area contributed by atoms with Crippen LogP contribution < -0.4 is 9.47 Å². The summed E-state index contributed by atoms with van der Waals surface area (Å²) < 4.78 is 11.3. The number of rotatable bonds is 4. The number of aliphatic hydroxyl groups is 1. The van der Waals surface area contributed by atoms with Gasteiger partial charge in [0.05, 0.1) is 6.42 Å². The van der Waals surface area contributed by atoms with Gasteiger partial charge in [0.25, 0.3) is 0 Å². The second-order valence-corrected chi connectivity index (χ2v) is 6.88. The van der Waals surface area contributed by atoms with Crippen LogP contribution in [0.25, 0.3) is 0 Å². The zero-order chi connectivity index (χ0) is 23.1. The normalized spacial score (nSPS) is 17.8. The van der Waals surface area contributed by atoms with Gasteiger partial charge in [-0.25, -0.2) is 0 Å². The van der Waals surface area contributed by atoms with E-state index in [0.717, 1.165) is 43.6 Å². The van der Waals surface area contributed by atoms with Crippen molar-refractivity contribution >= 4 is 5.97 Å². The molecule has 2 aliphatic heterocycles. The molecule has 2 unspecified atom stereocenters. The van der Waals surface area contributed by atoms with Crippen LogP contribution in [-0.4, -0.2) is 35.0 Å². The largest absolute Gasteiger partial charge is 0.490 e. The molecule has 0 saturated carbocycles. The lowest BCUT2D eigenvalue weighted by molar-refractivity contribution is -0.139. The fraction of sp³-hybridized carbons (Fsp3) is 0.500. The van der Waals surface area contributed by atoms with E-state index >= 15 is 0 Å². The molecule has 2 heterocycles. The molecule has 4 rings (SSSR count). The molecule has 0 aromatic heterocycles. The van der Waals surface area contributed by atoms with Crippen LogP contribution in [0.4, 0.5) is 0 Å². The fourth-order valence-corrected chi connectivity index (χ4v) is 3.45. The van der Waals surface area contributed by atoms with Crippen molar-refractivity contribution in [2.45, 2.75) is 78.4 Å². The highest BCUT2D eigenvalue weighted by atomic mass is 16.5. The zero-order valence-corrected chi connectivity index (χ0v) is 19.3. The summed E-state index contributed by atoms with van der Waals surface area (Å²) in [6.07, 6.45) is 4.68. The Labute approximate surface area is 187 Å². The van der Waals surface area contributed by atoms with Gasteiger partial charge in [0.15, 0.2) is 0 Å². The number of hydrogen-bond donors (Lipinski definition) is 2. The molecule has 2 atom stereocenters. The average Bonchev–Trinajstić information content (AvgIpc) is 2.82. The highest BCUT2D eigenvalue weighted by Gasteiger charge is 2.21. The number of carboxylic acids is 1. The molecule has 5 heteroatoms. The van der Waals surface area contributed by atoms with Gasteiger partial charge in [-0.15, -0.1) is 0 Å². The van der Waals surface area contributed by atoms with E-state index in [2.05, 4.69) is 6.07 Å². The summed E-state index contributed by atoms with van der Waals surface area (Å²) in [5.74, 6) is 1.03. The summed E-state index contributed by atoms with van der Waals surface area (Å²) >= 11 is 0. The van der Waals surface area contributed by atoms with E-state index in [1.165, 1.54) is 11.1 Å². The van der Waals surface area contributed by atoms with Crippen molar-refractivity contribution in [3.8, 4) is 11.5 Å². The number of aliphatic carboxylic acids is 1. The van der Waals surface area contributed by atoms with Crippen LogP contribution in [0.1, 0.15) is 64.5 Å². The summed E-state index contributed by atoms with van der Waals surface area (Å²) in [5, 5.41) is 17.4. The molecular formula is C26H38O5. The highest BCUT2D eigenvalue weighted by Crippen LogP contribution is 2.28. The van der Waals surface area contributed by atoms with E-state index in [-0.39, 0.29) is 25.2 Å². The fourth-order valence-electron chi connectivity index (χ4n) is 3.45. The molecule has 0 saturated heterocycles. The van der Waals surface area contributed by atoms with Crippen molar-refractivity contribution in [1.29, 1.82) is 0 Å². The van der Waals surface area contributed by atoms with Crippen molar-refractivity contribution in [2.24, 2.45) is 0 Å². The van der Waals surface area contributed by atoms with E-state index in [9.17, 15) is 4.79 Å². The van der Waals surface area contributed by atoms with Gasteiger partial charge in [0, 0.05) is 13.0 Å². The van der Waals surface area contributed by atoms with Crippen molar-refractivity contribution in [3.63, 3.8) is 0 Å². The predicted molar refractivity (Wildman–Crippen MR) is 125 cm³/mol. The first-order valence-electron chi connectivity index (χ1n) is 11.5. The number of fused-ring (bicyclic) bond motifs is 2. The maximum Gasteiger partial charge on any atom is 0.307 e. The van der Waals surface area contributed by atoms with Crippen LogP contribution in [0.15, 0.2) is 48.5 Å². The van der Waals surface area contributed by atoms with Gasteiger partial charge < -0.3 is 19.7 Å². The molecule has 5 nitrogen and oxygen atoms in total. The third kappa shape index (κ3) is 9.01. The third-order valence-electron chi connectivity index (χ3n) is 4.86. The Hall–Kier alpha value is -2.53. The standard InChI is InChI=1S/C11H12O3.C11H14O2.2C2H6/c12-11(13)7-9-6-5-8-3-1-2-4-10(8)14-9;12-8-7-10-6-5-9-3-1-2-4-11(9)13-10;2*1-2/h1-4,9H,5-7H2,(H,12,13);1-4,10,12H,5-8H2;2*1-2H3. The molecule has 0 fully saturated rings. The monoisotopic (exact) mass is 430 g/mol. The third-order valence-corrected chi connectivity index (χ3v) is 4.86. The van der Waals surface area contributed by atoms with E-state index in [1.54, 1.807) is 0 Å². The van der Waals surface area contributed by atoms with Crippen molar-refractivity contribution in [3.05, 3.63) is 59.7 Å².